The summed E-state index contributed by atoms with van der Waals surface area (Å²) in [6.07, 6.45) is 1.44. The van der Waals surface area contributed by atoms with Crippen LogP contribution in [0.4, 0.5) is 5.69 Å². The number of para-hydroxylation sites is 1. The van der Waals surface area contributed by atoms with Crippen LogP contribution in [0, 0.1) is 10.1 Å². The molecule has 0 saturated heterocycles. The van der Waals surface area contributed by atoms with E-state index in [0.29, 0.717) is 0 Å². The number of benzene rings is 1. The maximum atomic E-state index is 11.8. The van der Waals surface area contributed by atoms with Crippen molar-refractivity contribution in [2.75, 3.05) is 0 Å². The Bertz CT molecular complexity index is 554. The lowest BCUT2D eigenvalue weighted by atomic mass is 10.2. The molecule has 1 atom stereocenters. The first-order valence-corrected chi connectivity index (χ1v) is 6.86. The lowest BCUT2D eigenvalue weighted by molar-refractivity contribution is -0.385. The zero-order chi connectivity index (χ0) is 13.8. The third-order valence-electron chi connectivity index (χ3n) is 2.25. The third kappa shape index (κ3) is 3.94. The van der Waals surface area contributed by atoms with Gasteiger partial charge in [0.05, 0.1) is 10.7 Å². The SMILES string of the molecule is C=C[C@@H](C)NS(=O)(=O)Cc1ccccc1[N+](=O)[O-]. The number of nitrogens with one attached hydrogen (secondary N) is 1. The number of nitro benzene ring substituents is 1. The summed E-state index contributed by atoms with van der Waals surface area (Å²) < 4.78 is 25.9. The summed E-state index contributed by atoms with van der Waals surface area (Å²) in [7, 11) is -3.63. The fourth-order valence-corrected chi connectivity index (χ4v) is 2.79. The Morgan fingerprint density at radius 3 is 2.67 bits per heavy atom. The van der Waals surface area contributed by atoms with Gasteiger partial charge in [0, 0.05) is 17.7 Å². The highest BCUT2D eigenvalue weighted by molar-refractivity contribution is 7.88. The average Bonchev–Trinajstić information content (AvgIpc) is 2.28. The van der Waals surface area contributed by atoms with Gasteiger partial charge in [-0.1, -0.05) is 24.3 Å². The summed E-state index contributed by atoms with van der Waals surface area (Å²) in [6, 6.07) is 5.35. The van der Waals surface area contributed by atoms with Gasteiger partial charge in [0.25, 0.3) is 5.69 Å². The van der Waals surface area contributed by atoms with Gasteiger partial charge in [0.1, 0.15) is 0 Å². The van der Waals surface area contributed by atoms with Crippen LogP contribution in [0.3, 0.4) is 0 Å². The minimum absolute atomic E-state index is 0.159. The Morgan fingerprint density at radius 2 is 2.11 bits per heavy atom. The molecule has 1 rings (SSSR count). The van der Waals surface area contributed by atoms with E-state index in [1.807, 2.05) is 0 Å². The largest absolute Gasteiger partial charge is 0.273 e. The average molecular weight is 270 g/mol. The molecule has 0 aromatic heterocycles. The molecule has 0 radical (unpaired) electrons. The molecule has 0 fully saturated rings. The Kier molecular flexibility index (Phi) is 4.57. The van der Waals surface area contributed by atoms with E-state index in [1.54, 1.807) is 13.0 Å². The zero-order valence-electron chi connectivity index (χ0n) is 9.87. The second kappa shape index (κ2) is 5.74. The minimum atomic E-state index is -3.63. The first-order valence-electron chi connectivity index (χ1n) is 5.20. The van der Waals surface area contributed by atoms with Gasteiger partial charge in [-0.25, -0.2) is 13.1 Å². The molecule has 0 unspecified atom stereocenters. The number of nitro groups is 1. The first-order chi connectivity index (χ1) is 8.35. The van der Waals surface area contributed by atoms with Gasteiger partial charge >= 0.3 is 0 Å². The van der Waals surface area contributed by atoms with Crippen molar-refractivity contribution in [1.29, 1.82) is 0 Å². The van der Waals surface area contributed by atoms with Crippen LogP contribution in [-0.4, -0.2) is 19.4 Å². The van der Waals surface area contributed by atoms with Gasteiger partial charge in [-0.15, -0.1) is 6.58 Å². The van der Waals surface area contributed by atoms with Gasteiger partial charge in [0.15, 0.2) is 0 Å². The summed E-state index contributed by atoms with van der Waals surface area (Å²) in [5.74, 6) is -0.428. The first kappa shape index (κ1) is 14.3. The van der Waals surface area contributed by atoms with E-state index >= 15 is 0 Å². The van der Waals surface area contributed by atoms with Gasteiger partial charge in [-0.05, 0) is 6.92 Å². The van der Waals surface area contributed by atoms with Crippen molar-refractivity contribution in [2.45, 2.75) is 18.7 Å². The fourth-order valence-electron chi connectivity index (χ4n) is 1.39. The van der Waals surface area contributed by atoms with Gasteiger partial charge in [-0.2, -0.15) is 0 Å². The van der Waals surface area contributed by atoms with Crippen molar-refractivity contribution in [1.82, 2.24) is 4.72 Å². The van der Waals surface area contributed by atoms with E-state index in [9.17, 15) is 18.5 Å². The molecular weight excluding hydrogens is 256 g/mol. The molecule has 18 heavy (non-hydrogen) atoms. The molecule has 0 spiro atoms. The number of hydrogen-bond acceptors (Lipinski definition) is 4. The van der Waals surface area contributed by atoms with E-state index < -0.39 is 26.7 Å². The maximum absolute atomic E-state index is 11.8. The molecule has 0 amide bonds. The summed E-state index contributed by atoms with van der Waals surface area (Å²) in [6.45, 7) is 5.09. The van der Waals surface area contributed by atoms with E-state index in [0.717, 1.165) is 0 Å². The Balaban J connectivity index is 2.97. The van der Waals surface area contributed by atoms with E-state index in [1.165, 1.54) is 24.3 Å². The van der Waals surface area contributed by atoms with E-state index in [2.05, 4.69) is 11.3 Å². The standard InChI is InChI=1S/C11H14N2O4S/c1-3-9(2)12-18(16,17)8-10-6-4-5-7-11(10)13(14)15/h3-7,9,12H,1,8H2,2H3/t9-/m1/s1. The van der Waals surface area contributed by atoms with Crippen LogP contribution < -0.4 is 4.72 Å². The van der Waals surface area contributed by atoms with Crippen molar-refractivity contribution in [3.8, 4) is 0 Å². The molecule has 0 aliphatic rings. The maximum Gasteiger partial charge on any atom is 0.273 e. The second-order valence-corrected chi connectivity index (χ2v) is 5.54. The summed E-state index contributed by atoms with van der Waals surface area (Å²) in [5.41, 5.74) is -0.0413. The molecule has 6 nitrogen and oxygen atoms in total. The highest BCUT2D eigenvalue weighted by Crippen LogP contribution is 2.19. The molecule has 98 valence electrons. The van der Waals surface area contributed by atoms with Crippen LogP contribution in [-0.2, 0) is 15.8 Å². The van der Waals surface area contributed by atoms with Crippen LogP contribution >= 0.6 is 0 Å². The van der Waals surface area contributed by atoms with Crippen molar-refractivity contribution in [2.24, 2.45) is 0 Å². The molecule has 0 bridgehead atoms. The summed E-state index contributed by atoms with van der Waals surface area (Å²) >= 11 is 0. The second-order valence-electron chi connectivity index (χ2n) is 3.79. The van der Waals surface area contributed by atoms with Crippen LogP contribution in [0.15, 0.2) is 36.9 Å². The molecule has 1 aromatic carbocycles. The quantitative estimate of drug-likeness (QED) is 0.483. The van der Waals surface area contributed by atoms with Crippen LogP contribution in [0.1, 0.15) is 12.5 Å². The van der Waals surface area contributed by atoms with Crippen molar-refractivity contribution >= 4 is 15.7 Å². The minimum Gasteiger partial charge on any atom is -0.258 e. The molecule has 0 aliphatic heterocycles. The lowest BCUT2D eigenvalue weighted by Gasteiger charge is -2.10. The number of hydrogen-bond donors (Lipinski definition) is 1. The molecule has 0 saturated carbocycles. The Labute approximate surface area is 106 Å². The normalized spacial score (nSPS) is 12.9. The number of sulfonamides is 1. The van der Waals surface area contributed by atoms with Crippen LogP contribution in [0.25, 0.3) is 0 Å². The number of nitrogens with zero attached hydrogens (tertiary/aromatic N) is 1. The smallest absolute Gasteiger partial charge is 0.258 e. The summed E-state index contributed by atoms with van der Waals surface area (Å²) in [4.78, 5) is 10.2. The molecule has 0 heterocycles. The Hall–Kier alpha value is -1.73. The van der Waals surface area contributed by atoms with Gasteiger partial charge in [0.2, 0.25) is 10.0 Å². The molecule has 7 heteroatoms. The van der Waals surface area contributed by atoms with Crippen molar-refractivity contribution in [3.05, 3.63) is 52.6 Å². The van der Waals surface area contributed by atoms with Crippen LogP contribution in [0.2, 0.25) is 0 Å². The molecule has 1 N–H and O–H groups in total. The summed E-state index contributed by atoms with van der Waals surface area (Å²) in [5, 5.41) is 10.8. The third-order valence-corrected chi connectivity index (χ3v) is 3.67. The molecular formula is C11H14N2O4S. The monoisotopic (exact) mass is 270 g/mol. The number of rotatable bonds is 6. The highest BCUT2D eigenvalue weighted by Gasteiger charge is 2.20. The zero-order valence-corrected chi connectivity index (χ0v) is 10.7. The lowest BCUT2D eigenvalue weighted by Crippen LogP contribution is -2.32. The van der Waals surface area contributed by atoms with Crippen molar-refractivity contribution in [3.63, 3.8) is 0 Å². The topological polar surface area (TPSA) is 89.3 Å². The fraction of sp³-hybridized carbons (Fsp3) is 0.273. The van der Waals surface area contributed by atoms with Crippen molar-refractivity contribution < 1.29 is 13.3 Å². The van der Waals surface area contributed by atoms with E-state index in [-0.39, 0.29) is 11.3 Å². The van der Waals surface area contributed by atoms with Crippen LogP contribution in [0.5, 0.6) is 0 Å². The Morgan fingerprint density at radius 1 is 1.50 bits per heavy atom. The van der Waals surface area contributed by atoms with Gasteiger partial charge in [-0.3, -0.25) is 10.1 Å². The predicted molar refractivity (Wildman–Crippen MR) is 68.5 cm³/mol. The highest BCUT2D eigenvalue weighted by atomic mass is 32.2. The van der Waals surface area contributed by atoms with E-state index in [4.69, 9.17) is 0 Å². The molecule has 0 aliphatic carbocycles. The van der Waals surface area contributed by atoms with Gasteiger partial charge < -0.3 is 0 Å². The molecule has 1 aromatic rings. The predicted octanol–water partition coefficient (Wildman–Crippen LogP) is 1.59.